The quantitative estimate of drug-likeness (QED) is 0.697. The molecule has 0 amide bonds. The second-order valence-electron chi connectivity index (χ2n) is 2.78. The second kappa shape index (κ2) is 2.72. The van der Waals surface area contributed by atoms with Crippen LogP contribution >= 0.6 is 11.3 Å². The van der Waals surface area contributed by atoms with Gasteiger partial charge in [0.25, 0.3) is 0 Å². The van der Waals surface area contributed by atoms with Crippen molar-refractivity contribution in [2.24, 2.45) is 5.73 Å². The Morgan fingerprint density at radius 2 is 2.40 bits per heavy atom. The fourth-order valence-electron chi connectivity index (χ4n) is 0.794. The molecule has 1 nitrogen and oxygen atoms in total. The van der Waals surface area contributed by atoms with Gasteiger partial charge < -0.3 is 5.73 Å². The molecule has 0 radical (unpaired) electrons. The van der Waals surface area contributed by atoms with Gasteiger partial charge in [0.15, 0.2) is 0 Å². The third-order valence-corrected chi connectivity index (χ3v) is 2.60. The van der Waals surface area contributed by atoms with Crippen LogP contribution in [0.2, 0.25) is 0 Å². The molecule has 2 N–H and O–H groups in total. The molecule has 2 heteroatoms. The number of thiophene rings is 1. The summed E-state index contributed by atoms with van der Waals surface area (Å²) < 4.78 is 0. The molecule has 0 bridgehead atoms. The third kappa shape index (κ3) is 1.39. The highest BCUT2D eigenvalue weighted by molar-refractivity contribution is 7.08. The monoisotopic (exact) mass is 155 g/mol. The summed E-state index contributed by atoms with van der Waals surface area (Å²) in [5.41, 5.74) is 7.11. The van der Waals surface area contributed by atoms with Crippen molar-refractivity contribution >= 4 is 11.3 Å². The first-order valence-corrected chi connectivity index (χ1v) is 4.42. The first kappa shape index (κ1) is 7.76. The molecule has 0 spiro atoms. The zero-order chi connectivity index (χ0) is 7.61. The predicted octanol–water partition coefficient (Wildman–Crippen LogP) is 2.33. The summed E-state index contributed by atoms with van der Waals surface area (Å²) in [4.78, 5) is 0. The summed E-state index contributed by atoms with van der Waals surface area (Å²) in [6.07, 6.45) is 0.990. The van der Waals surface area contributed by atoms with Crippen molar-refractivity contribution in [1.29, 1.82) is 0 Å². The summed E-state index contributed by atoms with van der Waals surface area (Å²) in [6.45, 7) is 4.17. The van der Waals surface area contributed by atoms with Gasteiger partial charge in [0.2, 0.25) is 0 Å². The topological polar surface area (TPSA) is 26.0 Å². The van der Waals surface area contributed by atoms with Crippen molar-refractivity contribution in [3.05, 3.63) is 22.4 Å². The highest BCUT2D eigenvalue weighted by atomic mass is 32.1. The van der Waals surface area contributed by atoms with Crippen LogP contribution in [-0.2, 0) is 5.54 Å². The molecule has 0 aromatic carbocycles. The van der Waals surface area contributed by atoms with Crippen LogP contribution < -0.4 is 5.73 Å². The van der Waals surface area contributed by atoms with Crippen LogP contribution in [0.1, 0.15) is 25.8 Å². The Labute approximate surface area is 65.9 Å². The van der Waals surface area contributed by atoms with Crippen molar-refractivity contribution in [2.75, 3.05) is 0 Å². The lowest BCUT2D eigenvalue weighted by Gasteiger charge is -2.20. The molecule has 0 saturated heterocycles. The van der Waals surface area contributed by atoms with Gasteiger partial charge in [-0.2, -0.15) is 11.3 Å². The van der Waals surface area contributed by atoms with Crippen molar-refractivity contribution < 1.29 is 0 Å². The third-order valence-electron chi connectivity index (χ3n) is 1.92. The molecule has 0 aliphatic carbocycles. The highest BCUT2D eigenvalue weighted by Gasteiger charge is 2.17. The Hall–Kier alpha value is -0.340. The number of nitrogens with two attached hydrogens (primary N) is 1. The lowest BCUT2D eigenvalue weighted by molar-refractivity contribution is 0.478. The molecular formula is C8H13NS. The summed E-state index contributed by atoms with van der Waals surface area (Å²) in [6, 6.07) is 2.09. The van der Waals surface area contributed by atoms with Gasteiger partial charge >= 0.3 is 0 Å². The molecule has 10 heavy (non-hydrogen) atoms. The van der Waals surface area contributed by atoms with E-state index in [1.54, 1.807) is 11.3 Å². The summed E-state index contributed by atoms with van der Waals surface area (Å²) in [7, 11) is 0. The minimum absolute atomic E-state index is 0.125. The average Bonchev–Trinajstić information content (AvgIpc) is 2.38. The van der Waals surface area contributed by atoms with Crippen LogP contribution in [0, 0.1) is 0 Å². The maximum Gasteiger partial charge on any atom is 0.0386 e. The summed E-state index contributed by atoms with van der Waals surface area (Å²) in [5, 5.41) is 4.18. The molecule has 1 heterocycles. The molecule has 0 aliphatic rings. The van der Waals surface area contributed by atoms with E-state index in [1.165, 1.54) is 5.56 Å². The fourth-order valence-corrected chi connectivity index (χ4v) is 1.59. The smallest absolute Gasteiger partial charge is 0.0386 e. The molecule has 1 rings (SSSR count). The Morgan fingerprint density at radius 3 is 2.80 bits per heavy atom. The minimum atomic E-state index is -0.125. The van der Waals surface area contributed by atoms with E-state index in [0.29, 0.717) is 0 Å². The zero-order valence-electron chi connectivity index (χ0n) is 6.42. The Morgan fingerprint density at radius 1 is 1.70 bits per heavy atom. The van der Waals surface area contributed by atoms with Crippen LogP contribution in [0.4, 0.5) is 0 Å². The molecule has 1 aromatic heterocycles. The van der Waals surface area contributed by atoms with Crippen molar-refractivity contribution in [2.45, 2.75) is 25.8 Å². The Balaban J connectivity index is 2.85. The zero-order valence-corrected chi connectivity index (χ0v) is 7.24. The Kier molecular flexibility index (Phi) is 2.11. The van der Waals surface area contributed by atoms with Gasteiger partial charge in [-0.05, 0) is 35.7 Å². The van der Waals surface area contributed by atoms with E-state index in [-0.39, 0.29) is 5.54 Å². The Bertz CT molecular complexity index is 189. The molecule has 56 valence electrons. The van der Waals surface area contributed by atoms with Gasteiger partial charge in [-0.3, -0.25) is 0 Å². The van der Waals surface area contributed by atoms with Crippen LogP contribution in [0.3, 0.4) is 0 Å². The van der Waals surface area contributed by atoms with Crippen molar-refractivity contribution in [1.82, 2.24) is 0 Å². The second-order valence-corrected chi connectivity index (χ2v) is 3.56. The van der Waals surface area contributed by atoms with Gasteiger partial charge in [0.05, 0.1) is 0 Å². The van der Waals surface area contributed by atoms with Gasteiger partial charge in [-0.25, -0.2) is 0 Å². The fraction of sp³-hybridized carbons (Fsp3) is 0.500. The van der Waals surface area contributed by atoms with Crippen LogP contribution in [0.5, 0.6) is 0 Å². The summed E-state index contributed by atoms with van der Waals surface area (Å²) >= 11 is 1.70. The number of rotatable bonds is 2. The van der Waals surface area contributed by atoms with E-state index < -0.39 is 0 Å². The molecule has 1 aromatic rings. The van der Waals surface area contributed by atoms with E-state index in [1.807, 2.05) is 0 Å². The lowest BCUT2D eigenvalue weighted by atomic mass is 9.93. The predicted molar refractivity (Wildman–Crippen MR) is 46.1 cm³/mol. The number of hydrogen-bond donors (Lipinski definition) is 1. The first-order chi connectivity index (χ1) is 4.67. The van der Waals surface area contributed by atoms with Crippen LogP contribution in [0.15, 0.2) is 16.8 Å². The first-order valence-electron chi connectivity index (χ1n) is 3.48. The van der Waals surface area contributed by atoms with Gasteiger partial charge in [-0.15, -0.1) is 0 Å². The normalized spacial score (nSPS) is 16.7. The molecule has 1 unspecified atom stereocenters. The van der Waals surface area contributed by atoms with E-state index in [9.17, 15) is 0 Å². The van der Waals surface area contributed by atoms with Gasteiger partial charge in [0.1, 0.15) is 0 Å². The number of hydrogen-bond acceptors (Lipinski definition) is 2. The van der Waals surface area contributed by atoms with Gasteiger partial charge in [0, 0.05) is 5.54 Å². The molecule has 0 aliphatic heterocycles. The summed E-state index contributed by atoms with van der Waals surface area (Å²) in [5.74, 6) is 0. The van der Waals surface area contributed by atoms with Crippen molar-refractivity contribution in [3.8, 4) is 0 Å². The van der Waals surface area contributed by atoms with Gasteiger partial charge in [-0.1, -0.05) is 6.92 Å². The van der Waals surface area contributed by atoms with E-state index in [0.717, 1.165) is 6.42 Å². The molecule has 0 saturated carbocycles. The average molecular weight is 155 g/mol. The minimum Gasteiger partial charge on any atom is -0.322 e. The lowest BCUT2D eigenvalue weighted by Crippen LogP contribution is -2.31. The van der Waals surface area contributed by atoms with E-state index >= 15 is 0 Å². The van der Waals surface area contributed by atoms with Crippen LogP contribution in [-0.4, -0.2) is 0 Å². The van der Waals surface area contributed by atoms with Crippen LogP contribution in [0.25, 0.3) is 0 Å². The molecule has 0 fully saturated rings. The molecular weight excluding hydrogens is 142 g/mol. The van der Waals surface area contributed by atoms with E-state index in [2.05, 4.69) is 30.7 Å². The van der Waals surface area contributed by atoms with Crippen molar-refractivity contribution in [3.63, 3.8) is 0 Å². The maximum atomic E-state index is 5.99. The molecule has 1 atom stereocenters. The SMILES string of the molecule is CCC(C)(N)c1ccsc1. The van der Waals surface area contributed by atoms with E-state index in [4.69, 9.17) is 5.73 Å². The largest absolute Gasteiger partial charge is 0.322 e. The standard InChI is InChI=1S/C8H13NS/c1-3-8(2,9)7-4-5-10-6-7/h4-6H,3,9H2,1-2H3. The highest BCUT2D eigenvalue weighted by Crippen LogP contribution is 2.22. The maximum absolute atomic E-state index is 5.99.